The largest absolute Gasteiger partial charge is 0.497 e. The number of hydrogen-bond acceptors (Lipinski definition) is 4. The predicted molar refractivity (Wildman–Crippen MR) is 112 cm³/mol. The van der Waals surface area contributed by atoms with Gasteiger partial charge in [-0.3, -0.25) is 4.79 Å². The fourth-order valence-corrected chi connectivity index (χ4v) is 2.74. The van der Waals surface area contributed by atoms with Crippen LogP contribution in [0.1, 0.15) is 5.56 Å². The maximum Gasteiger partial charge on any atom is 0.262 e. The topological polar surface area (TPSA) is 79.9 Å². The zero-order valence-electron chi connectivity index (χ0n) is 16.0. The van der Waals surface area contributed by atoms with E-state index in [9.17, 15) is 10.1 Å². The Bertz CT molecular complexity index is 1070. The molecule has 3 rings (SSSR count). The van der Waals surface area contributed by atoms with E-state index < -0.39 is 5.91 Å². The molecule has 0 radical (unpaired) electrons. The van der Waals surface area contributed by atoms with Crippen molar-refractivity contribution >= 4 is 12.0 Å². The van der Waals surface area contributed by atoms with Crippen LogP contribution in [0.4, 0.5) is 0 Å². The van der Waals surface area contributed by atoms with Gasteiger partial charge in [0.1, 0.15) is 17.4 Å². The Morgan fingerprint density at radius 1 is 1.24 bits per heavy atom. The Morgan fingerprint density at radius 2 is 1.97 bits per heavy atom. The summed E-state index contributed by atoms with van der Waals surface area (Å²) >= 11 is 0. The molecule has 0 unspecified atom stereocenters. The van der Waals surface area contributed by atoms with Gasteiger partial charge >= 0.3 is 0 Å². The maximum absolute atomic E-state index is 12.3. The van der Waals surface area contributed by atoms with Crippen molar-refractivity contribution < 1.29 is 9.53 Å². The van der Waals surface area contributed by atoms with Crippen LogP contribution in [0.2, 0.25) is 0 Å². The lowest BCUT2D eigenvalue weighted by Gasteiger charge is -2.03. The first-order valence-electron chi connectivity index (χ1n) is 8.96. The molecule has 1 amide bonds. The Labute approximate surface area is 169 Å². The van der Waals surface area contributed by atoms with Crippen LogP contribution in [0.3, 0.4) is 0 Å². The number of hydrogen-bond donors (Lipinski definition) is 1. The molecule has 0 atom stereocenters. The highest BCUT2D eigenvalue weighted by molar-refractivity contribution is 6.02. The number of carbonyl (C=O) groups is 1. The second-order valence-electron chi connectivity index (χ2n) is 6.11. The summed E-state index contributed by atoms with van der Waals surface area (Å²) in [5.74, 6) is 0.274. The van der Waals surface area contributed by atoms with Crippen molar-refractivity contribution in [2.24, 2.45) is 0 Å². The molecule has 0 saturated heterocycles. The average molecular weight is 384 g/mol. The smallest absolute Gasteiger partial charge is 0.262 e. The molecule has 0 aliphatic carbocycles. The number of para-hydroxylation sites is 1. The molecule has 0 bridgehead atoms. The van der Waals surface area contributed by atoms with Crippen LogP contribution in [-0.4, -0.2) is 29.3 Å². The van der Waals surface area contributed by atoms with Gasteiger partial charge in [0.2, 0.25) is 0 Å². The maximum atomic E-state index is 12.3. The molecule has 1 N–H and O–H groups in total. The summed E-state index contributed by atoms with van der Waals surface area (Å²) in [6, 6.07) is 19.0. The molecule has 6 heteroatoms. The molecule has 1 aromatic heterocycles. The van der Waals surface area contributed by atoms with E-state index in [0.29, 0.717) is 11.3 Å². The van der Waals surface area contributed by atoms with E-state index in [1.54, 1.807) is 30.1 Å². The van der Waals surface area contributed by atoms with E-state index in [0.717, 1.165) is 17.0 Å². The summed E-state index contributed by atoms with van der Waals surface area (Å²) in [6.07, 6.45) is 4.90. The van der Waals surface area contributed by atoms with Gasteiger partial charge in [0, 0.05) is 23.9 Å². The van der Waals surface area contributed by atoms with Crippen LogP contribution in [-0.2, 0) is 4.79 Å². The summed E-state index contributed by atoms with van der Waals surface area (Å²) in [4.78, 5) is 12.3. The minimum Gasteiger partial charge on any atom is -0.497 e. The van der Waals surface area contributed by atoms with Gasteiger partial charge < -0.3 is 10.1 Å². The van der Waals surface area contributed by atoms with E-state index in [4.69, 9.17) is 4.74 Å². The second kappa shape index (κ2) is 9.20. The van der Waals surface area contributed by atoms with Gasteiger partial charge in [0.25, 0.3) is 5.91 Å². The Balaban J connectivity index is 2.09. The summed E-state index contributed by atoms with van der Waals surface area (Å²) in [5.41, 5.74) is 3.02. The predicted octanol–water partition coefficient (Wildman–Crippen LogP) is 3.76. The third-order valence-corrected chi connectivity index (χ3v) is 4.20. The standard InChI is InChI=1S/C23H20N4O2/c1-3-13-25-23(28)18(15-24)14-19-16-27(20-7-5-4-6-8-20)26-22(19)17-9-11-21(29-2)12-10-17/h3-12,14,16H,1,13H2,2H3,(H,25,28). The molecule has 0 fully saturated rings. The minimum atomic E-state index is -0.458. The van der Waals surface area contributed by atoms with E-state index in [1.807, 2.05) is 60.7 Å². The van der Waals surface area contributed by atoms with Crippen LogP contribution in [0.5, 0.6) is 5.75 Å². The van der Waals surface area contributed by atoms with E-state index >= 15 is 0 Å². The number of nitrogens with one attached hydrogen (secondary N) is 1. The third-order valence-electron chi connectivity index (χ3n) is 4.20. The molecule has 144 valence electrons. The fourth-order valence-electron chi connectivity index (χ4n) is 2.74. The zero-order chi connectivity index (χ0) is 20.6. The van der Waals surface area contributed by atoms with Crippen LogP contribution < -0.4 is 10.1 Å². The van der Waals surface area contributed by atoms with Gasteiger partial charge in [0.15, 0.2) is 0 Å². The molecule has 0 saturated carbocycles. The number of ether oxygens (including phenoxy) is 1. The third kappa shape index (κ3) is 4.60. The van der Waals surface area contributed by atoms with E-state index in [2.05, 4.69) is 17.0 Å². The number of benzene rings is 2. The number of aromatic nitrogens is 2. The molecule has 0 aliphatic rings. The van der Waals surface area contributed by atoms with Crippen molar-refractivity contribution in [1.82, 2.24) is 15.1 Å². The van der Waals surface area contributed by atoms with Crippen molar-refractivity contribution in [2.75, 3.05) is 13.7 Å². The molecule has 0 aliphatic heterocycles. The van der Waals surface area contributed by atoms with Gasteiger partial charge in [0.05, 0.1) is 18.5 Å². The highest BCUT2D eigenvalue weighted by Gasteiger charge is 2.15. The highest BCUT2D eigenvalue weighted by Crippen LogP contribution is 2.27. The van der Waals surface area contributed by atoms with Crippen molar-refractivity contribution in [2.45, 2.75) is 0 Å². The van der Waals surface area contributed by atoms with E-state index in [1.165, 1.54) is 0 Å². The van der Waals surface area contributed by atoms with Crippen molar-refractivity contribution in [1.29, 1.82) is 5.26 Å². The summed E-state index contributed by atoms with van der Waals surface area (Å²) in [6.45, 7) is 3.85. The molecule has 1 heterocycles. The number of rotatable bonds is 7. The molecular weight excluding hydrogens is 364 g/mol. The first-order chi connectivity index (χ1) is 14.2. The van der Waals surface area contributed by atoms with Crippen molar-refractivity contribution in [3.05, 3.63) is 84.6 Å². The van der Waals surface area contributed by atoms with Gasteiger partial charge in [-0.05, 0) is 42.5 Å². The summed E-state index contributed by atoms with van der Waals surface area (Å²) < 4.78 is 6.94. The zero-order valence-corrected chi connectivity index (χ0v) is 16.0. The fraction of sp³-hybridized carbons (Fsp3) is 0.0870. The lowest BCUT2D eigenvalue weighted by atomic mass is 10.1. The molecule has 6 nitrogen and oxygen atoms in total. The van der Waals surface area contributed by atoms with Crippen LogP contribution in [0.15, 0.2) is 79.0 Å². The monoisotopic (exact) mass is 384 g/mol. The van der Waals surface area contributed by atoms with Gasteiger partial charge in [-0.25, -0.2) is 4.68 Å². The SMILES string of the molecule is C=CCNC(=O)C(C#N)=Cc1cn(-c2ccccc2)nc1-c1ccc(OC)cc1. The van der Waals surface area contributed by atoms with Crippen molar-refractivity contribution in [3.63, 3.8) is 0 Å². The second-order valence-corrected chi connectivity index (χ2v) is 6.11. The quantitative estimate of drug-likeness (QED) is 0.382. The molecule has 29 heavy (non-hydrogen) atoms. The lowest BCUT2D eigenvalue weighted by Crippen LogP contribution is -2.24. The average Bonchev–Trinajstić information content (AvgIpc) is 3.20. The first-order valence-corrected chi connectivity index (χ1v) is 8.96. The summed E-state index contributed by atoms with van der Waals surface area (Å²) in [7, 11) is 1.61. The molecule has 3 aromatic rings. The lowest BCUT2D eigenvalue weighted by molar-refractivity contribution is -0.116. The van der Waals surface area contributed by atoms with Gasteiger partial charge in [-0.2, -0.15) is 10.4 Å². The van der Waals surface area contributed by atoms with Gasteiger partial charge in [-0.1, -0.05) is 24.3 Å². The van der Waals surface area contributed by atoms with Gasteiger partial charge in [-0.15, -0.1) is 6.58 Å². The Hall–Kier alpha value is -4.11. The number of nitriles is 1. The van der Waals surface area contributed by atoms with Crippen LogP contribution in [0.25, 0.3) is 23.0 Å². The first kappa shape index (κ1) is 19.6. The van der Waals surface area contributed by atoms with E-state index in [-0.39, 0.29) is 12.1 Å². The summed E-state index contributed by atoms with van der Waals surface area (Å²) in [5, 5.41) is 16.8. The Morgan fingerprint density at radius 3 is 2.59 bits per heavy atom. The number of nitrogens with zero attached hydrogens (tertiary/aromatic N) is 3. The number of amides is 1. The van der Waals surface area contributed by atoms with Crippen molar-refractivity contribution in [3.8, 4) is 28.8 Å². The number of methoxy groups -OCH3 is 1. The molecule has 2 aromatic carbocycles. The number of carbonyl (C=O) groups excluding carboxylic acids is 1. The van der Waals surface area contributed by atoms with Crippen LogP contribution >= 0.6 is 0 Å². The van der Waals surface area contributed by atoms with Crippen LogP contribution in [0, 0.1) is 11.3 Å². The Kier molecular flexibility index (Phi) is 6.23. The normalized spacial score (nSPS) is 10.8. The minimum absolute atomic E-state index is 0.00535. The molecule has 0 spiro atoms. The highest BCUT2D eigenvalue weighted by atomic mass is 16.5. The molecular formula is C23H20N4O2.